The minimum atomic E-state index is -0.925. The number of carbonyl (C=O) groups is 3. The summed E-state index contributed by atoms with van der Waals surface area (Å²) in [5, 5.41) is 0. The molecule has 2 aliphatic heterocycles. The van der Waals surface area contributed by atoms with E-state index in [1.165, 1.54) is 20.3 Å². The lowest BCUT2D eigenvalue weighted by Gasteiger charge is -2.19. The third kappa shape index (κ3) is 3.48. The van der Waals surface area contributed by atoms with Crippen LogP contribution in [-0.4, -0.2) is 44.8 Å². The number of imide groups is 1. The minimum Gasteiger partial charge on any atom is -0.497 e. The fourth-order valence-corrected chi connectivity index (χ4v) is 3.23. The van der Waals surface area contributed by atoms with Gasteiger partial charge in [-0.1, -0.05) is 0 Å². The molecule has 2 aromatic carbocycles. The molecule has 1 atom stereocenters. The van der Waals surface area contributed by atoms with E-state index in [4.69, 9.17) is 18.9 Å². The molecular weight excluding hydrogens is 394 g/mol. The Kier molecular flexibility index (Phi) is 5.15. The van der Waals surface area contributed by atoms with E-state index in [9.17, 15) is 14.4 Å². The number of anilines is 1. The molecule has 2 aromatic rings. The minimum absolute atomic E-state index is 0.0981. The van der Waals surface area contributed by atoms with Crippen molar-refractivity contribution in [3.05, 3.63) is 42.0 Å². The first-order valence-electron chi connectivity index (χ1n) is 9.06. The van der Waals surface area contributed by atoms with Crippen LogP contribution >= 0.6 is 0 Å². The van der Waals surface area contributed by atoms with E-state index < -0.39 is 23.8 Å². The lowest BCUT2D eigenvalue weighted by atomic mass is 10.2. The summed E-state index contributed by atoms with van der Waals surface area (Å²) >= 11 is 0. The Morgan fingerprint density at radius 2 is 1.87 bits per heavy atom. The van der Waals surface area contributed by atoms with Crippen molar-refractivity contribution >= 4 is 23.4 Å². The number of amides is 3. The lowest BCUT2D eigenvalue weighted by Crippen LogP contribution is -2.48. The van der Waals surface area contributed by atoms with Crippen molar-refractivity contribution in [2.45, 2.75) is 12.5 Å². The standard InChI is InChI=1S/C20H19N3O7/c1-27-12-4-6-15(28-2)14(8-12)23-18(24)9-13(20(23)26)21-22-19(25)11-3-5-16-17(7-11)30-10-29-16/h3-8,13,21H,9-10H2,1-2H3,(H,22,25)/t13-/m1/s1. The number of methoxy groups -OCH3 is 2. The number of nitrogens with one attached hydrogen (secondary N) is 2. The molecule has 0 aliphatic carbocycles. The van der Waals surface area contributed by atoms with Crippen LogP contribution < -0.4 is 34.7 Å². The smallest absolute Gasteiger partial charge is 0.265 e. The fourth-order valence-electron chi connectivity index (χ4n) is 3.23. The van der Waals surface area contributed by atoms with Gasteiger partial charge in [0.2, 0.25) is 12.7 Å². The number of nitrogens with zero attached hydrogens (tertiary/aromatic N) is 1. The van der Waals surface area contributed by atoms with E-state index in [-0.39, 0.29) is 18.9 Å². The van der Waals surface area contributed by atoms with E-state index in [0.29, 0.717) is 28.6 Å². The SMILES string of the molecule is COc1ccc(OC)c(N2C(=O)C[C@@H](NNC(=O)c3ccc4c(c3)OCO4)C2=O)c1. The molecule has 156 valence electrons. The van der Waals surface area contributed by atoms with Crippen molar-refractivity contribution in [3.8, 4) is 23.0 Å². The molecule has 2 N–H and O–H groups in total. The number of ether oxygens (including phenoxy) is 4. The number of carbonyl (C=O) groups excluding carboxylic acids is 3. The summed E-state index contributed by atoms with van der Waals surface area (Å²) < 4.78 is 20.9. The molecule has 0 saturated carbocycles. The predicted octanol–water partition coefficient (Wildman–Crippen LogP) is 0.999. The average molecular weight is 413 g/mol. The molecule has 0 radical (unpaired) electrons. The second-order valence-corrected chi connectivity index (χ2v) is 6.53. The van der Waals surface area contributed by atoms with Crippen molar-refractivity contribution in [2.24, 2.45) is 0 Å². The Balaban J connectivity index is 1.46. The Morgan fingerprint density at radius 1 is 1.07 bits per heavy atom. The Hall–Kier alpha value is -3.79. The molecule has 1 fully saturated rings. The highest BCUT2D eigenvalue weighted by Gasteiger charge is 2.41. The summed E-state index contributed by atoms with van der Waals surface area (Å²) in [4.78, 5) is 38.8. The van der Waals surface area contributed by atoms with Gasteiger partial charge in [-0.2, -0.15) is 0 Å². The van der Waals surface area contributed by atoms with Crippen LogP contribution in [0.1, 0.15) is 16.8 Å². The number of rotatable bonds is 6. The van der Waals surface area contributed by atoms with Gasteiger partial charge in [0.25, 0.3) is 11.8 Å². The van der Waals surface area contributed by atoms with Crippen LogP contribution in [0.5, 0.6) is 23.0 Å². The maximum atomic E-state index is 12.8. The van der Waals surface area contributed by atoms with Crippen LogP contribution in [0.3, 0.4) is 0 Å². The molecule has 30 heavy (non-hydrogen) atoms. The number of hydrogen-bond donors (Lipinski definition) is 2. The largest absolute Gasteiger partial charge is 0.497 e. The zero-order valence-electron chi connectivity index (χ0n) is 16.3. The summed E-state index contributed by atoms with van der Waals surface area (Å²) in [6.45, 7) is 0.0981. The number of fused-ring (bicyclic) bond motifs is 1. The predicted molar refractivity (Wildman–Crippen MR) is 104 cm³/mol. The molecule has 0 spiro atoms. The van der Waals surface area contributed by atoms with Crippen molar-refractivity contribution in [1.82, 2.24) is 10.9 Å². The van der Waals surface area contributed by atoms with Gasteiger partial charge in [0, 0.05) is 11.6 Å². The van der Waals surface area contributed by atoms with Crippen LogP contribution in [0.4, 0.5) is 5.69 Å². The van der Waals surface area contributed by atoms with Crippen LogP contribution in [0.2, 0.25) is 0 Å². The third-order valence-corrected chi connectivity index (χ3v) is 4.77. The second kappa shape index (κ2) is 7.91. The second-order valence-electron chi connectivity index (χ2n) is 6.53. The number of hydrogen-bond acceptors (Lipinski definition) is 8. The third-order valence-electron chi connectivity index (χ3n) is 4.77. The molecule has 3 amide bonds. The molecule has 2 aliphatic rings. The van der Waals surface area contributed by atoms with Crippen molar-refractivity contribution in [1.29, 1.82) is 0 Å². The van der Waals surface area contributed by atoms with Crippen molar-refractivity contribution in [3.63, 3.8) is 0 Å². The van der Waals surface area contributed by atoms with Gasteiger partial charge < -0.3 is 18.9 Å². The maximum Gasteiger partial charge on any atom is 0.265 e. The highest BCUT2D eigenvalue weighted by atomic mass is 16.7. The molecule has 0 unspecified atom stereocenters. The first-order valence-corrected chi connectivity index (χ1v) is 9.06. The maximum absolute atomic E-state index is 12.8. The monoisotopic (exact) mass is 413 g/mol. The summed E-state index contributed by atoms with van der Waals surface area (Å²) in [5.41, 5.74) is 5.69. The van der Waals surface area contributed by atoms with Gasteiger partial charge in [-0.3, -0.25) is 19.8 Å². The van der Waals surface area contributed by atoms with Gasteiger partial charge in [-0.15, -0.1) is 0 Å². The lowest BCUT2D eigenvalue weighted by molar-refractivity contribution is -0.121. The zero-order valence-corrected chi connectivity index (χ0v) is 16.3. The van der Waals surface area contributed by atoms with E-state index >= 15 is 0 Å². The summed E-state index contributed by atoms with van der Waals surface area (Å²) in [6.07, 6.45) is -0.124. The average Bonchev–Trinajstić information content (AvgIpc) is 3.34. The van der Waals surface area contributed by atoms with E-state index in [2.05, 4.69) is 10.9 Å². The highest BCUT2D eigenvalue weighted by Crippen LogP contribution is 2.35. The van der Waals surface area contributed by atoms with Crippen LogP contribution in [0.15, 0.2) is 36.4 Å². The van der Waals surface area contributed by atoms with Gasteiger partial charge in [-0.05, 0) is 30.3 Å². The molecular formula is C20H19N3O7. The molecule has 4 rings (SSSR count). The molecule has 0 aromatic heterocycles. The van der Waals surface area contributed by atoms with Gasteiger partial charge in [0.05, 0.1) is 26.3 Å². The summed E-state index contributed by atoms with van der Waals surface area (Å²) in [6, 6.07) is 8.62. The first-order chi connectivity index (χ1) is 14.5. The highest BCUT2D eigenvalue weighted by molar-refractivity contribution is 6.23. The normalized spacial score (nSPS) is 17.3. The Labute approximate surface area is 171 Å². The van der Waals surface area contributed by atoms with Crippen LogP contribution in [-0.2, 0) is 9.59 Å². The topological polar surface area (TPSA) is 115 Å². The molecule has 2 heterocycles. The van der Waals surface area contributed by atoms with Crippen LogP contribution in [0.25, 0.3) is 0 Å². The van der Waals surface area contributed by atoms with Gasteiger partial charge in [-0.25, -0.2) is 10.3 Å². The van der Waals surface area contributed by atoms with Gasteiger partial charge in [0.1, 0.15) is 17.5 Å². The summed E-state index contributed by atoms with van der Waals surface area (Å²) in [5.74, 6) is 0.413. The van der Waals surface area contributed by atoms with Gasteiger partial charge >= 0.3 is 0 Å². The molecule has 10 heteroatoms. The molecule has 10 nitrogen and oxygen atoms in total. The molecule has 0 bridgehead atoms. The Bertz CT molecular complexity index is 1020. The van der Waals surface area contributed by atoms with E-state index in [0.717, 1.165) is 4.90 Å². The van der Waals surface area contributed by atoms with Crippen LogP contribution in [0, 0.1) is 0 Å². The summed E-state index contributed by atoms with van der Waals surface area (Å²) in [7, 11) is 2.92. The first kappa shape index (κ1) is 19.5. The quantitative estimate of drug-likeness (QED) is 0.532. The fraction of sp³-hybridized carbons (Fsp3) is 0.250. The molecule has 1 saturated heterocycles. The zero-order chi connectivity index (χ0) is 21.3. The van der Waals surface area contributed by atoms with Gasteiger partial charge in [0.15, 0.2) is 11.5 Å². The number of hydrazine groups is 1. The van der Waals surface area contributed by atoms with E-state index in [1.807, 2.05) is 0 Å². The number of benzene rings is 2. The van der Waals surface area contributed by atoms with Crippen molar-refractivity contribution < 1.29 is 33.3 Å². The van der Waals surface area contributed by atoms with E-state index in [1.54, 1.807) is 30.3 Å². The Morgan fingerprint density at radius 3 is 2.63 bits per heavy atom. The van der Waals surface area contributed by atoms with Crippen molar-refractivity contribution in [2.75, 3.05) is 25.9 Å².